The Bertz CT molecular complexity index is 456. The lowest BCUT2D eigenvalue weighted by Crippen LogP contribution is -2.43. The quantitative estimate of drug-likeness (QED) is 0.881. The Morgan fingerprint density at radius 3 is 2.68 bits per heavy atom. The van der Waals surface area contributed by atoms with Gasteiger partial charge in [0.15, 0.2) is 0 Å². The molecule has 3 heteroatoms. The fourth-order valence-corrected chi connectivity index (χ4v) is 2.97. The number of benzene rings is 1. The van der Waals surface area contributed by atoms with E-state index in [4.69, 9.17) is 5.73 Å². The van der Waals surface area contributed by atoms with Gasteiger partial charge in [-0.05, 0) is 62.8 Å². The number of piperidine rings is 1. The van der Waals surface area contributed by atoms with Crippen LogP contribution in [0.5, 0.6) is 0 Å². The number of nitrogens with zero attached hydrogens (tertiary/aromatic N) is 1. The SMILES string of the molecule is Cc1cc(N2CCCC(C)C2C)c([C@@H](C)N)cc1F. The molecular formula is C16H25FN2. The van der Waals surface area contributed by atoms with Gasteiger partial charge < -0.3 is 10.6 Å². The molecule has 1 aliphatic rings. The third-order valence-electron chi connectivity index (χ3n) is 4.48. The molecule has 3 atom stereocenters. The summed E-state index contributed by atoms with van der Waals surface area (Å²) in [5, 5.41) is 0. The molecule has 2 rings (SSSR count). The molecule has 0 bridgehead atoms. The lowest BCUT2D eigenvalue weighted by Gasteiger charge is -2.41. The third-order valence-corrected chi connectivity index (χ3v) is 4.48. The zero-order valence-corrected chi connectivity index (χ0v) is 12.4. The number of halogens is 1. The highest BCUT2D eigenvalue weighted by Gasteiger charge is 2.27. The minimum Gasteiger partial charge on any atom is -0.368 e. The van der Waals surface area contributed by atoms with Crippen LogP contribution in [-0.2, 0) is 0 Å². The summed E-state index contributed by atoms with van der Waals surface area (Å²) in [6.45, 7) is 9.33. The fraction of sp³-hybridized carbons (Fsp3) is 0.625. The van der Waals surface area contributed by atoms with E-state index in [2.05, 4.69) is 18.7 Å². The predicted octanol–water partition coefficient (Wildman–Crippen LogP) is 3.78. The highest BCUT2D eigenvalue weighted by molar-refractivity contribution is 5.58. The van der Waals surface area contributed by atoms with E-state index in [-0.39, 0.29) is 11.9 Å². The van der Waals surface area contributed by atoms with Crippen LogP contribution in [0.3, 0.4) is 0 Å². The van der Waals surface area contributed by atoms with E-state index in [1.165, 1.54) is 12.8 Å². The first kappa shape index (κ1) is 14.3. The van der Waals surface area contributed by atoms with E-state index in [0.717, 1.165) is 17.8 Å². The van der Waals surface area contributed by atoms with Crippen molar-refractivity contribution in [1.29, 1.82) is 0 Å². The van der Waals surface area contributed by atoms with Crippen molar-refractivity contribution in [2.45, 2.75) is 52.6 Å². The summed E-state index contributed by atoms with van der Waals surface area (Å²) in [5.74, 6) is 0.508. The highest BCUT2D eigenvalue weighted by Crippen LogP contribution is 2.34. The third kappa shape index (κ3) is 2.76. The summed E-state index contributed by atoms with van der Waals surface area (Å²) in [7, 11) is 0. The molecule has 19 heavy (non-hydrogen) atoms. The topological polar surface area (TPSA) is 29.3 Å². The molecule has 1 aromatic carbocycles. The average molecular weight is 264 g/mol. The number of rotatable bonds is 2. The number of hydrogen-bond donors (Lipinski definition) is 1. The van der Waals surface area contributed by atoms with Crippen molar-refractivity contribution < 1.29 is 4.39 Å². The van der Waals surface area contributed by atoms with Crippen molar-refractivity contribution in [1.82, 2.24) is 0 Å². The van der Waals surface area contributed by atoms with Crippen molar-refractivity contribution in [2.75, 3.05) is 11.4 Å². The van der Waals surface area contributed by atoms with Crippen LogP contribution in [0.2, 0.25) is 0 Å². The maximum Gasteiger partial charge on any atom is 0.126 e. The molecule has 1 aromatic rings. The van der Waals surface area contributed by atoms with E-state index < -0.39 is 0 Å². The van der Waals surface area contributed by atoms with Crippen LogP contribution in [0.25, 0.3) is 0 Å². The summed E-state index contributed by atoms with van der Waals surface area (Å²) in [6.07, 6.45) is 2.46. The summed E-state index contributed by atoms with van der Waals surface area (Å²) >= 11 is 0. The van der Waals surface area contributed by atoms with Crippen LogP contribution >= 0.6 is 0 Å². The highest BCUT2D eigenvalue weighted by atomic mass is 19.1. The minimum absolute atomic E-state index is 0.144. The number of hydrogen-bond acceptors (Lipinski definition) is 2. The van der Waals surface area contributed by atoms with Gasteiger partial charge in [0.05, 0.1) is 0 Å². The molecule has 0 aliphatic carbocycles. The van der Waals surface area contributed by atoms with Crippen molar-refractivity contribution in [3.63, 3.8) is 0 Å². The molecule has 1 fully saturated rings. The second-order valence-corrected chi connectivity index (χ2v) is 6.00. The molecule has 0 radical (unpaired) electrons. The molecule has 2 nitrogen and oxygen atoms in total. The van der Waals surface area contributed by atoms with E-state index in [0.29, 0.717) is 17.5 Å². The first-order valence-corrected chi connectivity index (χ1v) is 7.24. The van der Waals surface area contributed by atoms with E-state index in [1.807, 2.05) is 19.9 Å². The van der Waals surface area contributed by atoms with Gasteiger partial charge >= 0.3 is 0 Å². The molecule has 106 valence electrons. The Hall–Kier alpha value is -1.09. The summed E-state index contributed by atoms with van der Waals surface area (Å²) in [6, 6.07) is 3.91. The maximum atomic E-state index is 13.8. The van der Waals surface area contributed by atoms with Crippen LogP contribution < -0.4 is 10.6 Å². The van der Waals surface area contributed by atoms with Crippen LogP contribution in [0, 0.1) is 18.7 Å². The molecule has 0 spiro atoms. The molecule has 0 saturated carbocycles. The van der Waals surface area contributed by atoms with Crippen molar-refractivity contribution >= 4 is 5.69 Å². The first-order valence-electron chi connectivity index (χ1n) is 7.24. The lowest BCUT2D eigenvalue weighted by atomic mass is 9.90. The van der Waals surface area contributed by atoms with Gasteiger partial charge in [-0.15, -0.1) is 0 Å². The Balaban J connectivity index is 2.45. The van der Waals surface area contributed by atoms with Gasteiger partial charge in [0.25, 0.3) is 0 Å². The van der Waals surface area contributed by atoms with Gasteiger partial charge in [0, 0.05) is 24.3 Å². The van der Waals surface area contributed by atoms with Crippen molar-refractivity contribution in [3.8, 4) is 0 Å². The summed E-state index contributed by atoms with van der Waals surface area (Å²) < 4.78 is 13.8. The molecule has 1 heterocycles. The number of nitrogens with two attached hydrogens (primary N) is 1. The largest absolute Gasteiger partial charge is 0.368 e. The van der Waals surface area contributed by atoms with Gasteiger partial charge in [-0.25, -0.2) is 4.39 Å². The summed E-state index contributed by atoms with van der Waals surface area (Å²) in [4.78, 5) is 2.40. The fourth-order valence-electron chi connectivity index (χ4n) is 2.97. The van der Waals surface area contributed by atoms with Gasteiger partial charge in [0.1, 0.15) is 5.82 Å². The lowest BCUT2D eigenvalue weighted by molar-refractivity contribution is 0.362. The van der Waals surface area contributed by atoms with E-state index in [1.54, 1.807) is 6.07 Å². The molecule has 1 aliphatic heterocycles. The van der Waals surface area contributed by atoms with Crippen molar-refractivity contribution in [3.05, 3.63) is 29.1 Å². The van der Waals surface area contributed by atoms with Crippen molar-refractivity contribution in [2.24, 2.45) is 11.7 Å². The van der Waals surface area contributed by atoms with Crippen LogP contribution in [0.1, 0.15) is 50.8 Å². The Morgan fingerprint density at radius 2 is 2.05 bits per heavy atom. The Morgan fingerprint density at radius 1 is 1.37 bits per heavy atom. The molecule has 2 unspecified atom stereocenters. The van der Waals surface area contributed by atoms with Crippen LogP contribution in [-0.4, -0.2) is 12.6 Å². The monoisotopic (exact) mass is 264 g/mol. The Labute approximate surface area is 115 Å². The Kier molecular flexibility index (Phi) is 4.14. The van der Waals surface area contributed by atoms with E-state index >= 15 is 0 Å². The molecule has 1 saturated heterocycles. The molecular weight excluding hydrogens is 239 g/mol. The van der Waals surface area contributed by atoms with Gasteiger partial charge in [0.2, 0.25) is 0 Å². The van der Waals surface area contributed by atoms with Crippen LogP contribution in [0.15, 0.2) is 12.1 Å². The summed E-state index contributed by atoms with van der Waals surface area (Å²) in [5.41, 5.74) is 8.76. The number of anilines is 1. The number of aryl methyl sites for hydroxylation is 1. The smallest absolute Gasteiger partial charge is 0.126 e. The van der Waals surface area contributed by atoms with Gasteiger partial charge in [-0.2, -0.15) is 0 Å². The average Bonchev–Trinajstić information content (AvgIpc) is 2.35. The first-order chi connectivity index (χ1) is 8.91. The van der Waals surface area contributed by atoms with Gasteiger partial charge in [-0.1, -0.05) is 6.92 Å². The maximum absolute atomic E-state index is 13.8. The van der Waals surface area contributed by atoms with Crippen LogP contribution in [0.4, 0.5) is 10.1 Å². The molecule has 2 N–H and O–H groups in total. The predicted molar refractivity (Wildman–Crippen MR) is 78.9 cm³/mol. The minimum atomic E-state index is -0.159. The van der Waals surface area contributed by atoms with E-state index in [9.17, 15) is 4.39 Å². The standard InChI is InChI=1S/C16H25FN2/c1-10-6-5-7-19(13(10)4)16-8-11(2)15(17)9-14(16)12(3)18/h8-10,12-13H,5-7,18H2,1-4H3/t10?,12-,13?/m1/s1. The van der Waals surface area contributed by atoms with Gasteiger partial charge in [-0.3, -0.25) is 0 Å². The molecule has 0 aromatic heterocycles. The zero-order valence-electron chi connectivity index (χ0n) is 12.4. The normalized spacial score (nSPS) is 25.5. The second-order valence-electron chi connectivity index (χ2n) is 6.00. The molecule has 0 amide bonds. The second kappa shape index (κ2) is 5.49. The zero-order chi connectivity index (χ0) is 14.2.